The van der Waals surface area contributed by atoms with Gasteiger partial charge in [0, 0.05) is 5.69 Å². The summed E-state index contributed by atoms with van der Waals surface area (Å²) in [4.78, 5) is 13.4. The lowest BCUT2D eigenvalue weighted by molar-refractivity contribution is -0.124. The van der Waals surface area contributed by atoms with Crippen LogP contribution in [0.3, 0.4) is 0 Å². The minimum Gasteiger partial charge on any atom is -0.508 e. The van der Waals surface area contributed by atoms with Crippen LogP contribution < -0.4 is 4.90 Å². The van der Waals surface area contributed by atoms with Crippen molar-refractivity contribution in [2.75, 3.05) is 4.90 Å². The molecule has 2 aromatic rings. The summed E-state index contributed by atoms with van der Waals surface area (Å²) in [6.45, 7) is 0. The Kier molecular flexibility index (Phi) is 2.71. The van der Waals surface area contributed by atoms with Crippen LogP contribution in [-0.4, -0.2) is 11.0 Å². The Labute approximate surface area is 109 Å². The van der Waals surface area contributed by atoms with Crippen molar-refractivity contribution in [3.8, 4) is 5.75 Å². The smallest absolute Gasteiger partial charge is 0.230 e. The lowest BCUT2D eigenvalue weighted by atomic mass is 9.93. The molecule has 1 unspecified atom stereocenters. The van der Waals surface area contributed by atoms with Gasteiger partial charge in [-0.15, -0.1) is 0 Å². The number of amides is 1. The molecule has 4 heteroatoms. The Morgan fingerprint density at radius 3 is 2.26 bits per heavy atom. The first-order valence-corrected chi connectivity index (χ1v) is 6.02. The minimum absolute atomic E-state index is 0.0182. The van der Waals surface area contributed by atoms with E-state index in [4.69, 9.17) is 0 Å². The summed E-state index contributed by atoms with van der Waals surface area (Å²) in [6.07, 6.45) is 0.433. The summed E-state index contributed by atoms with van der Waals surface area (Å²) < 4.78 is 12.9. The highest BCUT2D eigenvalue weighted by Crippen LogP contribution is 2.39. The van der Waals surface area contributed by atoms with Crippen LogP contribution in [0.25, 0.3) is 0 Å². The van der Waals surface area contributed by atoms with Gasteiger partial charge in [0.15, 0.2) is 0 Å². The van der Waals surface area contributed by atoms with E-state index in [9.17, 15) is 14.3 Å². The number of aromatic hydroxyl groups is 1. The standard InChI is InChI=1S/C15H12FNO2/c16-11-3-5-12(6-4-11)17-14(9-15(17)19)10-1-7-13(18)8-2-10/h1-8,14,18H,9H2. The first-order valence-electron chi connectivity index (χ1n) is 6.02. The van der Waals surface area contributed by atoms with Crippen molar-refractivity contribution in [1.29, 1.82) is 0 Å². The number of carbonyl (C=O) groups excluding carboxylic acids is 1. The molecule has 1 amide bonds. The van der Waals surface area contributed by atoms with Gasteiger partial charge in [-0.1, -0.05) is 12.1 Å². The number of rotatable bonds is 2. The summed E-state index contributed by atoms with van der Waals surface area (Å²) in [5.74, 6) is -0.106. The molecule has 1 atom stereocenters. The number of carbonyl (C=O) groups is 1. The van der Waals surface area contributed by atoms with Crippen molar-refractivity contribution in [2.45, 2.75) is 12.5 Å². The lowest BCUT2D eigenvalue weighted by Gasteiger charge is -2.40. The van der Waals surface area contributed by atoms with Crippen molar-refractivity contribution < 1.29 is 14.3 Å². The monoisotopic (exact) mass is 257 g/mol. The van der Waals surface area contributed by atoms with Gasteiger partial charge in [-0.25, -0.2) is 4.39 Å². The van der Waals surface area contributed by atoms with Crippen LogP contribution in [0.4, 0.5) is 10.1 Å². The first kappa shape index (κ1) is 11.7. The van der Waals surface area contributed by atoms with Crippen LogP contribution in [0.2, 0.25) is 0 Å². The van der Waals surface area contributed by atoms with E-state index in [0.717, 1.165) is 5.56 Å². The van der Waals surface area contributed by atoms with E-state index in [2.05, 4.69) is 0 Å². The quantitative estimate of drug-likeness (QED) is 0.840. The van der Waals surface area contributed by atoms with E-state index in [1.165, 1.54) is 12.1 Å². The highest BCUT2D eigenvalue weighted by molar-refractivity contribution is 6.01. The van der Waals surface area contributed by atoms with E-state index in [1.54, 1.807) is 41.3 Å². The van der Waals surface area contributed by atoms with Crippen molar-refractivity contribution in [2.24, 2.45) is 0 Å². The Hall–Kier alpha value is -2.36. The molecule has 19 heavy (non-hydrogen) atoms. The molecule has 1 fully saturated rings. The number of β-lactam (4-membered cyclic amide) rings is 1. The Morgan fingerprint density at radius 1 is 1.05 bits per heavy atom. The molecule has 0 saturated carbocycles. The van der Waals surface area contributed by atoms with E-state index in [-0.39, 0.29) is 23.5 Å². The molecule has 2 aromatic carbocycles. The number of nitrogens with zero attached hydrogens (tertiary/aromatic N) is 1. The Balaban J connectivity index is 1.90. The molecule has 1 aliphatic rings. The average Bonchev–Trinajstić information content (AvgIpc) is 2.40. The molecule has 3 nitrogen and oxygen atoms in total. The molecule has 1 heterocycles. The van der Waals surface area contributed by atoms with Crippen LogP contribution >= 0.6 is 0 Å². The van der Waals surface area contributed by atoms with E-state index in [1.807, 2.05) is 0 Å². The largest absolute Gasteiger partial charge is 0.508 e. The molecular formula is C15H12FNO2. The van der Waals surface area contributed by atoms with Crippen molar-refractivity contribution in [1.82, 2.24) is 0 Å². The molecule has 0 bridgehead atoms. The van der Waals surface area contributed by atoms with Gasteiger partial charge in [-0.05, 0) is 42.0 Å². The number of halogens is 1. The maximum Gasteiger partial charge on any atom is 0.230 e. The van der Waals surface area contributed by atoms with Crippen LogP contribution in [0, 0.1) is 5.82 Å². The maximum atomic E-state index is 12.9. The molecule has 0 spiro atoms. The van der Waals surface area contributed by atoms with Crippen LogP contribution in [0.1, 0.15) is 18.0 Å². The second-order valence-electron chi connectivity index (χ2n) is 4.55. The average molecular weight is 257 g/mol. The lowest BCUT2D eigenvalue weighted by Crippen LogP contribution is -2.46. The molecule has 0 aromatic heterocycles. The second-order valence-corrected chi connectivity index (χ2v) is 4.55. The van der Waals surface area contributed by atoms with Gasteiger partial charge >= 0.3 is 0 Å². The summed E-state index contributed by atoms with van der Waals surface area (Å²) in [5.41, 5.74) is 1.65. The van der Waals surface area contributed by atoms with Gasteiger partial charge in [0.25, 0.3) is 0 Å². The van der Waals surface area contributed by atoms with Crippen molar-refractivity contribution in [3.05, 3.63) is 59.9 Å². The normalized spacial score (nSPS) is 18.3. The maximum absolute atomic E-state index is 12.9. The Morgan fingerprint density at radius 2 is 1.68 bits per heavy atom. The van der Waals surface area contributed by atoms with Crippen molar-refractivity contribution in [3.63, 3.8) is 0 Å². The van der Waals surface area contributed by atoms with Crippen LogP contribution in [0.15, 0.2) is 48.5 Å². The fraction of sp³-hybridized carbons (Fsp3) is 0.133. The van der Waals surface area contributed by atoms with Crippen molar-refractivity contribution >= 4 is 11.6 Å². The molecule has 0 radical (unpaired) electrons. The Bertz CT molecular complexity index is 607. The number of anilines is 1. The van der Waals surface area contributed by atoms with Crippen LogP contribution in [-0.2, 0) is 4.79 Å². The molecule has 1 saturated heterocycles. The molecule has 0 aliphatic carbocycles. The predicted molar refractivity (Wildman–Crippen MR) is 69.4 cm³/mol. The van der Waals surface area contributed by atoms with Gasteiger partial charge in [0.1, 0.15) is 11.6 Å². The number of phenols is 1. The summed E-state index contributed by atoms with van der Waals surface area (Å²) in [5, 5.41) is 9.27. The van der Waals surface area contributed by atoms with Crippen LogP contribution in [0.5, 0.6) is 5.75 Å². The van der Waals surface area contributed by atoms with Gasteiger partial charge in [0.05, 0.1) is 12.5 Å². The molecule has 1 N–H and O–H groups in total. The van der Waals surface area contributed by atoms with E-state index >= 15 is 0 Å². The number of hydrogen-bond donors (Lipinski definition) is 1. The third kappa shape index (κ3) is 2.05. The van der Waals surface area contributed by atoms with E-state index < -0.39 is 0 Å². The highest BCUT2D eigenvalue weighted by Gasteiger charge is 2.38. The topological polar surface area (TPSA) is 40.5 Å². The first-order chi connectivity index (χ1) is 9.15. The van der Waals surface area contributed by atoms with Gasteiger partial charge in [-0.3, -0.25) is 4.79 Å². The molecule has 96 valence electrons. The fourth-order valence-corrected chi connectivity index (χ4v) is 2.31. The summed E-state index contributed by atoms with van der Waals surface area (Å²) in [7, 11) is 0. The highest BCUT2D eigenvalue weighted by atomic mass is 19.1. The second kappa shape index (κ2) is 4.39. The predicted octanol–water partition coefficient (Wildman–Crippen LogP) is 3.01. The van der Waals surface area contributed by atoms with Gasteiger partial charge in [-0.2, -0.15) is 0 Å². The molecule has 1 aliphatic heterocycles. The zero-order valence-corrected chi connectivity index (χ0v) is 10.1. The zero-order chi connectivity index (χ0) is 13.4. The zero-order valence-electron chi connectivity index (χ0n) is 10.1. The SMILES string of the molecule is O=C1CC(c2ccc(O)cc2)N1c1ccc(F)cc1. The molecule has 3 rings (SSSR count). The summed E-state index contributed by atoms with van der Waals surface area (Å²) >= 11 is 0. The van der Waals surface area contributed by atoms with E-state index in [0.29, 0.717) is 12.1 Å². The number of phenolic OH excluding ortho intramolecular Hbond substituents is 1. The number of benzene rings is 2. The van der Waals surface area contributed by atoms with Gasteiger partial charge < -0.3 is 10.0 Å². The minimum atomic E-state index is -0.321. The number of hydrogen-bond acceptors (Lipinski definition) is 2. The van der Waals surface area contributed by atoms with Gasteiger partial charge in [0.2, 0.25) is 5.91 Å². The summed E-state index contributed by atoms with van der Waals surface area (Å²) in [6, 6.07) is 12.6. The third-order valence-corrected chi connectivity index (χ3v) is 3.33. The third-order valence-electron chi connectivity index (χ3n) is 3.33. The molecular weight excluding hydrogens is 245 g/mol. The fourth-order valence-electron chi connectivity index (χ4n) is 2.31.